The Bertz CT molecular complexity index is 1020. The molecule has 0 spiro atoms. The normalized spacial score (nSPS) is 13.2. The smallest absolute Gasteiger partial charge is 0.274 e. The van der Waals surface area contributed by atoms with E-state index in [1.54, 1.807) is 23.0 Å². The number of pyridine rings is 1. The van der Waals surface area contributed by atoms with E-state index in [1.165, 1.54) is 0 Å². The van der Waals surface area contributed by atoms with Crippen LogP contribution in [0.3, 0.4) is 0 Å². The molecule has 0 unspecified atom stereocenters. The second kappa shape index (κ2) is 7.90. The van der Waals surface area contributed by atoms with E-state index in [2.05, 4.69) is 15.2 Å². The first-order valence-corrected chi connectivity index (χ1v) is 9.66. The average Bonchev–Trinajstić information content (AvgIpc) is 3.37. The zero-order valence-electron chi connectivity index (χ0n) is 16.6. The number of hydrogen-bond donors (Lipinski definition) is 1. The van der Waals surface area contributed by atoms with Crippen molar-refractivity contribution in [2.75, 3.05) is 20.1 Å². The number of carbonyl (C=O) groups excluding carboxylic acids is 2. The van der Waals surface area contributed by atoms with Crippen molar-refractivity contribution in [1.29, 1.82) is 0 Å². The Balaban J connectivity index is 1.43. The molecule has 4 heterocycles. The Kier molecular flexibility index (Phi) is 5.16. The molecule has 150 valence electrons. The third kappa shape index (κ3) is 3.78. The lowest BCUT2D eigenvalue weighted by molar-refractivity contribution is 0.0722. The summed E-state index contributed by atoms with van der Waals surface area (Å²) in [5.41, 5.74) is 3.80. The van der Waals surface area contributed by atoms with E-state index in [0.29, 0.717) is 43.9 Å². The summed E-state index contributed by atoms with van der Waals surface area (Å²) in [5, 5.41) is 7.24. The molecule has 3 aromatic heterocycles. The summed E-state index contributed by atoms with van der Waals surface area (Å²) >= 11 is 0. The van der Waals surface area contributed by atoms with Crippen LogP contribution in [-0.2, 0) is 26.4 Å². The summed E-state index contributed by atoms with van der Waals surface area (Å²) in [6.07, 6.45) is 4.91. The third-order valence-corrected chi connectivity index (χ3v) is 5.36. The molecule has 1 aliphatic rings. The highest BCUT2D eigenvalue weighted by Gasteiger charge is 2.29. The average molecular weight is 392 g/mol. The van der Waals surface area contributed by atoms with Crippen LogP contribution in [0.2, 0.25) is 0 Å². The largest absolute Gasteiger partial charge is 0.347 e. The Hall–Kier alpha value is -3.42. The van der Waals surface area contributed by atoms with E-state index in [4.69, 9.17) is 0 Å². The summed E-state index contributed by atoms with van der Waals surface area (Å²) in [6.45, 7) is 1.56. The van der Waals surface area contributed by atoms with Crippen LogP contribution in [0.25, 0.3) is 0 Å². The zero-order valence-corrected chi connectivity index (χ0v) is 16.6. The number of rotatable bonds is 5. The van der Waals surface area contributed by atoms with Gasteiger partial charge in [0.05, 0.1) is 12.2 Å². The van der Waals surface area contributed by atoms with Crippen LogP contribution in [0.5, 0.6) is 0 Å². The molecule has 0 aromatic carbocycles. The van der Waals surface area contributed by atoms with E-state index in [0.717, 1.165) is 17.0 Å². The lowest BCUT2D eigenvalue weighted by Gasteiger charge is -2.27. The number of hydrogen-bond acceptors (Lipinski definition) is 4. The van der Waals surface area contributed by atoms with Crippen molar-refractivity contribution in [2.45, 2.75) is 19.4 Å². The predicted molar refractivity (Wildman–Crippen MR) is 107 cm³/mol. The van der Waals surface area contributed by atoms with Crippen molar-refractivity contribution < 1.29 is 9.59 Å². The number of aromatic nitrogens is 4. The van der Waals surface area contributed by atoms with E-state index < -0.39 is 0 Å². The second-order valence-corrected chi connectivity index (χ2v) is 7.31. The van der Waals surface area contributed by atoms with Gasteiger partial charge in [-0.3, -0.25) is 19.7 Å². The second-order valence-electron chi connectivity index (χ2n) is 7.31. The van der Waals surface area contributed by atoms with Gasteiger partial charge < -0.3 is 14.4 Å². The molecular weight excluding hydrogens is 368 g/mol. The number of amides is 2. The number of aromatic amines is 1. The highest BCUT2D eigenvalue weighted by atomic mass is 16.2. The molecule has 0 saturated carbocycles. The number of H-pyrrole nitrogens is 1. The predicted octanol–water partition coefficient (Wildman–Crippen LogP) is 1.66. The fraction of sp³-hybridized carbons (Fsp3) is 0.333. The molecule has 0 aliphatic carbocycles. The maximum Gasteiger partial charge on any atom is 0.274 e. The minimum atomic E-state index is -0.111. The first-order valence-electron chi connectivity index (χ1n) is 9.66. The minimum Gasteiger partial charge on any atom is -0.347 e. The van der Waals surface area contributed by atoms with Crippen molar-refractivity contribution in [3.8, 4) is 0 Å². The van der Waals surface area contributed by atoms with Crippen molar-refractivity contribution in [3.63, 3.8) is 0 Å². The molecular formula is C21H24N6O2. The molecule has 29 heavy (non-hydrogen) atoms. The number of fused-ring (bicyclic) bond motifs is 1. The molecule has 3 aromatic rings. The van der Waals surface area contributed by atoms with Crippen LogP contribution < -0.4 is 0 Å². The van der Waals surface area contributed by atoms with Gasteiger partial charge in [-0.05, 0) is 30.7 Å². The van der Waals surface area contributed by atoms with Gasteiger partial charge in [0.25, 0.3) is 11.8 Å². The number of carbonyl (C=O) groups is 2. The van der Waals surface area contributed by atoms with Gasteiger partial charge in [0.1, 0.15) is 5.69 Å². The maximum absolute atomic E-state index is 12.9. The Morgan fingerprint density at radius 2 is 2.10 bits per heavy atom. The Labute approximate surface area is 169 Å². The van der Waals surface area contributed by atoms with Crippen LogP contribution in [0.1, 0.15) is 37.9 Å². The Morgan fingerprint density at radius 1 is 1.24 bits per heavy atom. The fourth-order valence-electron chi connectivity index (χ4n) is 3.62. The topological polar surface area (TPSA) is 87.1 Å². The summed E-state index contributed by atoms with van der Waals surface area (Å²) in [7, 11) is 3.64. The maximum atomic E-state index is 12.9. The van der Waals surface area contributed by atoms with Crippen LogP contribution in [0.15, 0.2) is 42.7 Å². The zero-order chi connectivity index (χ0) is 20.4. The highest BCUT2D eigenvalue weighted by molar-refractivity contribution is 5.95. The van der Waals surface area contributed by atoms with Crippen molar-refractivity contribution in [2.24, 2.45) is 7.05 Å². The fourth-order valence-corrected chi connectivity index (χ4v) is 3.62. The van der Waals surface area contributed by atoms with Gasteiger partial charge >= 0.3 is 0 Å². The SMILES string of the molecule is CN(CCc1ccccn1)C(=O)c1n[nH]c2c1CCN(C(=O)c1cccn1C)C2. The highest BCUT2D eigenvalue weighted by Crippen LogP contribution is 2.22. The minimum absolute atomic E-state index is 0.0156. The van der Waals surface area contributed by atoms with Crippen LogP contribution >= 0.6 is 0 Å². The van der Waals surface area contributed by atoms with Crippen LogP contribution in [0.4, 0.5) is 0 Å². The number of nitrogens with one attached hydrogen (secondary N) is 1. The molecule has 1 N–H and O–H groups in total. The van der Waals surface area contributed by atoms with Gasteiger partial charge in [-0.1, -0.05) is 6.07 Å². The number of aryl methyl sites for hydroxylation is 1. The van der Waals surface area contributed by atoms with Gasteiger partial charge in [0, 0.05) is 57.3 Å². The van der Waals surface area contributed by atoms with E-state index in [1.807, 2.05) is 48.1 Å². The van der Waals surface area contributed by atoms with E-state index in [-0.39, 0.29) is 11.8 Å². The molecule has 0 atom stereocenters. The van der Waals surface area contributed by atoms with E-state index >= 15 is 0 Å². The first-order chi connectivity index (χ1) is 14.0. The monoisotopic (exact) mass is 392 g/mol. The van der Waals surface area contributed by atoms with Gasteiger partial charge in [0.2, 0.25) is 0 Å². The molecule has 1 aliphatic heterocycles. The van der Waals surface area contributed by atoms with Crippen molar-refractivity contribution in [1.82, 2.24) is 29.5 Å². The van der Waals surface area contributed by atoms with Gasteiger partial charge in [-0.2, -0.15) is 5.10 Å². The quantitative estimate of drug-likeness (QED) is 0.715. The van der Waals surface area contributed by atoms with Crippen LogP contribution in [-0.4, -0.2) is 61.5 Å². The lowest BCUT2D eigenvalue weighted by Crippen LogP contribution is -2.37. The number of likely N-dealkylation sites (N-methyl/N-ethyl adjacent to an activating group) is 1. The molecule has 8 heteroatoms. The third-order valence-electron chi connectivity index (χ3n) is 5.36. The molecule has 0 radical (unpaired) electrons. The summed E-state index contributed by atoms with van der Waals surface area (Å²) in [6, 6.07) is 9.44. The Morgan fingerprint density at radius 3 is 2.83 bits per heavy atom. The molecule has 0 bridgehead atoms. The number of nitrogens with zero attached hydrogens (tertiary/aromatic N) is 5. The van der Waals surface area contributed by atoms with Crippen LogP contribution in [0, 0.1) is 0 Å². The van der Waals surface area contributed by atoms with Gasteiger partial charge in [0.15, 0.2) is 5.69 Å². The summed E-state index contributed by atoms with van der Waals surface area (Å²) < 4.78 is 1.82. The summed E-state index contributed by atoms with van der Waals surface area (Å²) in [4.78, 5) is 33.4. The standard InChI is InChI=1S/C21H24N6O2/c1-25-11-5-7-18(25)20(28)27-13-9-16-17(14-27)23-24-19(16)21(29)26(2)12-8-15-6-3-4-10-22-15/h3-7,10-11H,8-9,12-14H2,1-2H3,(H,23,24). The van der Waals surface area contributed by atoms with Gasteiger partial charge in [-0.25, -0.2) is 0 Å². The van der Waals surface area contributed by atoms with Gasteiger partial charge in [-0.15, -0.1) is 0 Å². The molecule has 0 saturated heterocycles. The summed E-state index contributed by atoms with van der Waals surface area (Å²) in [5.74, 6) is -0.126. The van der Waals surface area contributed by atoms with Crippen molar-refractivity contribution in [3.05, 3.63) is 71.1 Å². The van der Waals surface area contributed by atoms with Crippen molar-refractivity contribution >= 4 is 11.8 Å². The molecule has 4 rings (SSSR count). The molecule has 2 amide bonds. The lowest BCUT2D eigenvalue weighted by atomic mass is 10.0. The molecule has 8 nitrogen and oxygen atoms in total. The van der Waals surface area contributed by atoms with E-state index in [9.17, 15) is 9.59 Å². The molecule has 0 fully saturated rings. The first kappa shape index (κ1) is 18.9.